The van der Waals surface area contributed by atoms with Crippen LogP contribution >= 0.6 is 11.6 Å². The highest BCUT2D eigenvalue weighted by molar-refractivity contribution is 6.34. The van der Waals surface area contributed by atoms with Crippen LogP contribution in [-0.4, -0.2) is 11.3 Å². The van der Waals surface area contributed by atoms with Crippen LogP contribution in [0, 0.1) is 0 Å². The summed E-state index contributed by atoms with van der Waals surface area (Å²) in [5.74, 6) is 0. The first-order chi connectivity index (χ1) is 6.33. The quantitative estimate of drug-likeness (QED) is 0.649. The predicted molar refractivity (Wildman–Crippen MR) is 52.1 cm³/mol. The molecular formula is C10H6ClNO. The zero-order valence-corrected chi connectivity index (χ0v) is 7.45. The predicted octanol–water partition coefficient (Wildman–Crippen LogP) is 2.70. The number of hydrogen-bond donors (Lipinski definition) is 0. The number of pyridine rings is 1. The van der Waals surface area contributed by atoms with Crippen molar-refractivity contribution in [2.75, 3.05) is 0 Å². The highest BCUT2D eigenvalue weighted by Crippen LogP contribution is 2.22. The Morgan fingerprint density at radius 1 is 1.31 bits per heavy atom. The lowest BCUT2D eigenvalue weighted by molar-refractivity contribution is 0.112. The second-order valence-corrected chi connectivity index (χ2v) is 3.06. The van der Waals surface area contributed by atoms with E-state index in [1.165, 1.54) is 0 Å². The Morgan fingerprint density at radius 3 is 2.92 bits per heavy atom. The van der Waals surface area contributed by atoms with Crippen LogP contribution in [-0.2, 0) is 0 Å². The molecule has 0 aliphatic carbocycles. The molecule has 3 heteroatoms. The van der Waals surface area contributed by atoms with Gasteiger partial charge in [0.15, 0.2) is 6.29 Å². The Balaban J connectivity index is 2.91. The largest absolute Gasteiger partial charge is 0.298 e. The molecule has 0 unspecified atom stereocenters. The van der Waals surface area contributed by atoms with Crippen LogP contribution < -0.4 is 0 Å². The minimum atomic E-state index is 0.468. The molecule has 0 atom stereocenters. The molecule has 0 bridgehead atoms. The van der Waals surface area contributed by atoms with Gasteiger partial charge in [-0.3, -0.25) is 9.78 Å². The Bertz CT molecular complexity index is 467. The Labute approximate surface area is 80.2 Å². The Kier molecular flexibility index (Phi) is 1.99. The van der Waals surface area contributed by atoms with Crippen molar-refractivity contribution in [3.05, 3.63) is 41.0 Å². The molecular weight excluding hydrogens is 186 g/mol. The van der Waals surface area contributed by atoms with E-state index >= 15 is 0 Å². The summed E-state index contributed by atoms with van der Waals surface area (Å²) in [5, 5.41) is 1.26. The van der Waals surface area contributed by atoms with Crippen LogP contribution in [0.5, 0.6) is 0 Å². The van der Waals surface area contributed by atoms with Crippen molar-refractivity contribution in [3.8, 4) is 0 Å². The van der Waals surface area contributed by atoms with Crippen molar-refractivity contribution in [2.24, 2.45) is 0 Å². The topological polar surface area (TPSA) is 30.0 Å². The number of aromatic nitrogens is 1. The fourth-order valence-electron chi connectivity index (χ4n) is 1.27. The molecule has 0 N–H and O–H groups in total. The van der Waals surface area contributed by atoms with Crippen molar-refractivity contribution in [3.63, 3.8) is 0 Å². The molecule has 0 fully saturated rings. The Morgan fingerprint density at radius 2 is 2.15 bits per heavy atom. The van der Waals surface area contributed by atoms with E-state index in [2.05, 4.69) is 4.98 Å². The molecule has 1 aromatic heterocycles. The number of halogens is 1. The van der Waals surface area contributed by atoms with E-state index in [9.17, 15) is 4.79 Å². The van der Waals surface area contributed by atoms with E-state index in [-0.39, 0.29) is 0 Å². The van der Waals surface area contributed by atoms with Crippen molar-refractivity contribution in [2.45, 2.75) is 0 Å². The maximum Gasteiger partial charge on any atom is 0.152 e. The van der Waals surface area contributed by atoms with Crippen molar-refractivity contribution < 1.29 is 4.79 Å². The molecule has 0 saturated heterocycles. The zero-order valence-electron chi connectivity index (χ0n) is 6.70. The standard InChI is InChI=1S/C10H6ClNO/c11-9-3-4-10-7(8(9)6-13)2-1-5-12-10/h1-6H. The molecule has 0 radical (unpaired) electrons. The fourth-order valence-corrected chi connectivity index (χ4v) is 1.48. The molecule has 2 nitrogen and oxygen atoms in total. The van der Waals surface area contributed by atoms with Gasteiger partial charge in [0, 0.05) is 17.1 Å². The normalized spacial score (nSPS) is 10.2. The van der Waals surface area contributed by atoms with Gasteiger partial charge in [0.05, 0.1) is 10.5 Å². The number of rotatable bonds is 1. The lowest BCUT2D eigenvalue weighted by atomic mass is 10.1. The van der Waals surface area contributed by atoms with Crippen LogP contribution in [0.1, 0.15) is 10.4 Å². The first kappa shape index (κ1) is 8.20. The smallest absolute Gasteiger partial charge is 0.152 e. The summed E-state index contributed by atoms with van der Waals surface area (Å²) in [6, 6.07) is 7.09. The van der Waals surface area contributed by atoms with Gasteiger partial charge < -0.3 is 0 Å². The SMILES string of the molecule is O=Cc1c(Cl)ccc2ncccc12. The highest BCUT2D eigenvalue weighted by Gasteiger charge is 2.04. The van der Waals surface area contributed by atoms with E-state index in [1.54, 1.807) is 24.4 Å². The van der Waals surface area contributed by atoms with Gasteiger partial charge in [-0.25, -0.2) is 0 Å². The lowest BCUT2D eigenvalue weighted by Crippen LogP contribution is -1.86. The number of benzene rings is 1. The van der Waals surface area contributed by atoms with E-state index in [1.807, 2.05) is 6.07 Å². The Hall–Kier alpha value is -1.41. The molecule has 13 heavy (non-hydrogen) atoms. The van der Waals surface area contributed by atoms with Gasteiger partial charge in [-0.1, -0.05) is 17.7 Å². The molecule has 1 heterocycles. The van der Waals surface area contributed by atoms with Gasteiger partial charge in [0.1, 0.15) is 0 Å². The second kappa shape index (κ2) is 3.15. The van der Waals surface area contributed by atoms with Crippen LogP contribution in [0.4, 0.5) is 0 Å². The van der Waals surface area contributed by atoms with Gasteiger partial charge in [-0.05, 0) is 18.2 Å². The molecule has 0 aliphatic rings. The van der Waals surface area contributed by atoms with Crippen molar-refractivity contribution in [1.29, 1.82) is 0 Å². The molecule has 64 valence electrons. The van der Waals surface area contributed by atoms with Gasteiger partial charge in [-0.2, -0.15) is 0 Å². The number of fused-ring (bicyclic) bond motifs is 1. The number of hydrogen-bond acceptors (Lipinski definition) is 2. The molecule has 2 aromatic rings. The summed E-state index contributed by atoms with van der Waals surface area (Å²) in [7, 11) is 0. The third-order valence-electron chi connectivity index (χ3n) is 1.89. The fraction of sp³-hybridized carbons (Fsp3) is 0. The monoisotopic (exact) mass is 191 g/mol. The average Bonchev–Trinajstić information content (AvgIpc) is 2.18. The van der Waals surface area contributed by atoms with Crippen LogP contribution in [0.3, 0.4) is 0 Å². The van der Waals surface area contributed by atoms with Crippen LogP contribution in [0.15, 0.2) is 30.5 Å². The third kappa shape index (κ3) is 1.29. The first-order valence-electron chi connectivity index (χ1n) is 3.81. The summed E-state index contributed by atoms with van der Waals surface area (Å²) in [6.45, 7) is 0. The summed E-state index contributed by atoms with van der Waals surface area (Å²) >= 11 is 5.84. The number of carbonyl (C=O) groups excluding carboxylic acids is 1. The average molecular weight is 192 g/mol. The van der Waals surface area contributed by atoms with Crippen LogP contribution in [0.25, 0.3) is 10.9 Å². The number of aldehydes is 1. The van der Waals surface area contributed by atoms with Crippen LogP contribution in [0.2, 0.25) is 5.02 Å². The molecule has 2 rings (SSSR count). The minimum Gasteiger partial charge on any atom is -0.298 e. The van der Waals surface area contributed by atoms with E-state index in [4.69, 9.17) is 11.6 Å². The maximum absolute atomic E-state index is 10.7. The van der Waals surface area contributed by atoms with Gasteiger partial charge in [-0.15, -0.1) is 0 Å². The van der Waals surface area contributed by atoms with E-state index < -0.39 is 0 Å². The minimum absolute atomic E-state index is 0.468. The molecule has 0 aliphatic heterocycles. The number of nitrogens with zero attached hydrogens (tertiary/aromatic N) is 1. The molecule has 1 aromatic carbocycles. The second-order valence-electron chi connectivity index (χ2n) is 2.65. The van der Waals surface area contributed by atoms with E-state index in [0.29, 0.717) is 10.6 Å². The zero-order chi connectivity index (χ0) is 9.26. The summed E-state index contributed by atoms with van der Waals surface area (Å²) in [6.07, 6.45) is 2.44. The van der Waals surface area contributed by atoms with E-state index in [0.717, 1.165) is 17.2 Å². The summed E-state index contributed by atoms with van der Waals surface area (Å²) < 4.78 is 0. The van der Waals surface area contributed by atoms with Crippen molar-refractivity contribution in [1.82, 2.24) is 4.98 Å². The van der Waals surface area contributed by atoms with Gasteiger partial charge >= 0.3 is 0 Å². The lowest BCUT2D eigenvalue weighted by Gasteiger charge is -2.00. The molecule has 0 amide bonds. The van der Waals surface area contributed by atoms with Gasteiger partial charge in [0.2, 0.25) is 0 Å². The summed E-state index contributed by atoms with van der Waals surface area (Å²) in [5.41, 5.74) is 1.29. The maximum atomic E-state index is 10.7. The van der Waals surface area contributed by atoms with Gasteiger partial charge in [0.25, 0.3) is 0 Å². The highest BCUT2D eigenvalue weighted by atomic mass is 35.5. The molecule has 0 saturated carbocycles. The summed E-state index contributed by atoms with van der Waals surface area (Å²) in [4.78, 5) is 14.8. The number of carbonyl (C=O) groups is 1. The van der Waals surface area contributed by atoms with Crippen molar-refractivity contribution >= 4 is 28.8 Å². The third-order valence-corrected chi connectivity index (χ3v) is 2.22. The first-order valence-corrected chi connectivity index (χ1v) is 4.19. The molecule has 0 spiro atoms.